The Balaban J connectivity index is 0.00000288. The number of amides is 2. The van der Waals surface area contributed by atoms with E-state index in [9.17, 15) is 9.59 Å². The molecule has 1 aromatic carbocycles. The summed E-state index contributed by atoms with van der Waals surface area (Å²) >= 11 is 0. The SMILES string of the molecule is CC(C)C[C@H](N)C(=O)NC(C)c1cccc(N2CCCC2=O)c1.Cl. The molecule has 1 fully saturated rings. The maximum absolute atomic E-state index is 12.2. The highest BCUT2D eigenvalue weighted by molar-refractivity contribution is 5.95. The summed E-state index contributed by atoms with van der Waals surface area (Å²) in [6.45, 7) is 6.80. The van der Waals surface area contributed by atoms with Crippen LogP contribution in [0.4, 0.5) is 5.69 Å². The molecule has 24 heavy (non-hydrogen) atoms. The van der Waals surface area contributed by atoms with Gasteiger partial charge in [0.1, 0.15) is 0 Å². The predicted molar refractivity (Wildman–Crippen MR) is 99.3 cm³/mol. The third-order valence-corrected chi connectivity index (χ3v) is 4.18. The molecule has 0 saturated carbocycles. The number of hydrogen-bond donors (Lipinski definition) is 2. The highest BCUT2D eigenvalue weighted by Crippen LogP contribution is 2.24. The van der Waals surface area contributed by atoms with Gasteiger partial charge in [-0.1, -0.05) is 26.0 Å². The fourth-order valence-electron chi connectivity index (χ4n) is 2.90. The van der Waals surface area contributed by atoms with Gasteiger partial charge in [0.05, 0.1) is 12.1 Å². The zero-order valence-electron chi connectivity index (χ0n) is 14.6. The smallest absolute Gasteiger partial charge is 0.237 e. The minimum atomic E-state index is -0.485. The van der Waals surface area contributed by atoms with Gasteiger partial charge in [0.15, 0.2) is 0 Å². The molecule has 0 aliphatic carbocycles. The molecule has 1 heterocycles. The molecule has 1 unspecified atom stereocenters. The number of anilines is 1. The van der Waals surface area contributed by atoms with E-state index in [1.54, 1.807) is 0 Å². The quantitative estimate of drug-likeness (QED) is 0.825. The van der Waals surface area contributed by atoms with Gasteiger partial charge in [-0.15, -0.1) is 12.4 Å². The summed E-state index contributed by atoms with van der Waals surface area (Å²) in [5.74, 6) is 0.419. The molecular formula is C18H28ClN3O2. The first kappa shape index (κ1) is 20.5. The molecule has 3 N–H and O–H groups in total. The summed E-state index contributed by atoms with van der Waals surface area (Å²) < 4.78 is 0. The van der Waals surface area contributed by atoms with Gasteiger partial charge < -0.3 is 16.0 Å². The molecule has 2 atom stereocenters. The Bertz CT molecular complexity index is 577. The third-order valence-electron chi connectivity index (χ3n) is 4.18. The van der Waals surface area contributed by atoms with E-state index in [2.05, 4.69) is 5.32 Å². The second-order valence-electron chi connectivity index (χ2n) is 6.71. The molecule has 0 bridgehead atoms. The van der Waals surface area contributed by atoms with Crippen LogP contribution in [0, 0.1) is 5.92 Å². The molecule has 0 spiro atoms. The Morgan fingerprint density at radius 3 is 2.62 bits per heavy atom. The summed E-state index contributed by atoms with van der Waals surface area (Å²) in [5.41, 5.74) is 7.81. The van der Waals surface area contributed by atoms with Gasteiger partial charge in [-0.25, -0.2) is 0 Å². The second-order valence-corrected chi connectivity index (χ2v) is 6.71. The van der Waals surface area contributed by atoms with E-state index in [4.69, 9.17) is 5.73 Å². The van der Waals surface area contributed by atoms with E-state index in [0.29, 0.717) is 18.8 Å². The first-order chi connectivity index (χ1) is 10.9. The average molecular weight is 354 g/mol. The fraction of sp³-hybridized carbons (Fsp3) is 0.556. The second kappa shape index (κ2) is 9.04. The number of nitrogens with two attached hydrogens (primary N) is 1. The van der Waals surface area contributed by atoms with Gasteiger partial charge in [0.2, 0.25) is 11.8 Å². The van der Waals surface area contributed by atoms with E-state index in [1.807, 2.05) is 49.9 Å². The molecule has 1 aliphatic heterocycles. The Morgan fingerprint density at radius 1 is 1.33 bits per heavy atom. The lowest BCUT2D eigenvalue weighted by Crippen LogP contribution is -2.42. The van der Waals surface area contributed by atoms with Crippen molar-refractivity contribution in [2.75, 3.05) is 11.4 Å². The van der Waals surface area contributed by atoms with Crippen LogP contribution in [0.3, 0.4) is 0 Å². The van der Waals surface area contributed by atoms with Gasteiger partial charge in [-0.2, -0.15) is 0 Å². The number of halogens is 1. The maximum atomic E-state index is 12.2. The molecule has 2 rings (SSSR count). The fourth-order valence-corrected chi connectivity index (χ4v) is 2.90. The minimum absolute atomic E-state index is 0. The van der Waals surface area contributed by atoms with E-state index >= 15 is 0 Å². The molecule has 1 aliphatic rings. The highest BCUT2D eigenvalue weighted by Gasteiger charge is 2.23. The summed E-state index contributed by atoms with van der Waals surface area (Å²) in [4.78, 5) is 25.8. The molecular weight excluding hydrogens is 326 g/mol. The van der Waals surface area contributed by atoms with Crippen LogP contribution in [-0.2, 0) is 9.59 Å². The molecule has 1 saturated heterocycles. The molecule has 0 radical (unpaired) electrons. The van der Waals surface area contributed by atoms with Crippen LogP contribution in [-0.4, -0.2) is 24.4 Å². The molecule has 5 nitrogen and oxygen atoms in total. The van der Waals surface area contributed by atoms with Gasteiger partial charge in [0, 0.05) is 18.7 Å². The van der Waals surface area contributed by atoms with Crippen molar-refractivity contribution in [3.8, 4) is 0 Å². The lowest BCUT2D eigenvalue weighted by molar-refractivity contribution is -0.123. The summed E-state index contributed by atoms with van der Waals surface area (Å²) in [6, 6.07) is 7.17. The number of benzene rings is 1. The van der Waals surface area contributed by atoms with Crippen LogP contribution in [0.1, 0.15) is 51.6 Å². The molecule has 6 heteroatoms. The standard InChI is InChI=1S/C18H27N3O2.ClH/c1-12(2)10-16(19)18(23)20-13(3)14-6-4-7-15(11-14)21-9-5-8-17(21)22;/h4,6-7,11-13,16H,5,8-10,19H2,1-3H3,(H,20,23);1H/t13?,16-;/m0./s1. The van der Waals surface area contributed by atoms with Gasteiger partial charge in [-0.3, -0.25) is 9.59 Å². The van der Waals surface area contributed by atoms with Crippen molar-refractivity contribution in [3.63, 3.8) is 0 Å². The van der Waals surface area contributed by atoms with Crippen LogP contribution in [0.2, 0.25) is 0 Å². The largest absolute Gasteiger partial charge is 0.348 e. The van der Waals surface area contributed by atoms with Crippen molar-refractivity contribution in [3.05, 3.63) is 29.8 Å². The van der Waals surface area contributed by atoms with E-state index in [0.717, 1.165) is 24.2 Å². The van der Waals surface area contributed by atoms with Crippen molar-refractivity contribution >= 4 is 29.9 Å². The lowest BCUT2D eigenvalue weighted by atomic mass is 10.0. The Labute approximate surface area is 150 Å². The molecule has 1 aromatic rings. The van der Waals surface area contributed by atoms with Crippen LogP contribution < -0.4 is 16.0 Å². The Kier molecular flexibility index (Phi) is 7.70. The monoisotopic (exact) mass is 353 g/mol. The Hall–Kier alpha value is -1.59. The van der Waals surface area contributed by atoms with E-state index in [1.165, 1.54) is 0 Å². The zero-order valence-corrected chi connectivity index (χ0v) is 15.4. The Morgan fingerprint density at radius 2 is 2.04 bits per heavy atom. The van der Waals surface area contributed by atoms with Crippen LogP contribution in [0.15, 0.2) is 24.3 Å². The average Bonchev–Trinajstić information content (AvgIpc) is 2.92. The number of rotatable bonds is 6. The van der Waals surface area contributed by atoms with Crippen molar-refractivity contribution in [1.82, 2.24) is 5.32 Å². The van der Waals surface area contributed by atoms with Gasteiger partial charge in [0.25, 0.3) is 0 Å². The molecule has 2 amide bonds. The highest BCUT2D eigenvalue weighted by atomic mass is 35.5. The van der Waals surface area contributed by atoms with Crippen LogP contribution in [0.5, 0.6) is 0 Å². The van der Waals surface area contributed by atoms with Crippen molar-refractivity contribution in [1.29, 1.82) is 0 Å². The zero-order chi connectivity index (χ0) is 17.0. The minimum Gasteiger partial charge on any atom is -0.348 e. The number of nitrogens with one attached hydrogen (secondary N) is 1. The van der Waals surface area contributed by atoms with E-state index in [-0.39, 0.29) is 30.3 Å². The number of hydrogen-bond acceptors (Lipinski definition) is 3. The first-order valence-corrected chi connectivity index (χ1v) is 8.34. The van der Waals surface area contributed by atoms with E-state index < -0.39 is 6.04 Å². The van der Waals surface area contributed by atoms with Crippen LogP contribution >= 0.6 is 12.4 Å². The molecule has 134 valence electrons. The predicted octanol–water partition coefficient (Wildman–Crippen LogP) is 2.79. The van der Waals surface area contributed by atoms with Crippen molar-refractivity contribution in [2.24, 2.45) is 11.7 Å². The van der Waals surface area contributed by atoms with Gasteiger partial charge in [-0.05, 0) is 43.4 Å². The number of nitrogens with zero attached hydrogens (tertiary/aromatic N) is 1. The summed E-state index contributed by atoms with van der Waals surface area (Å²) in [6.07, 6.45) is 2.18. The van der Waals surface area contributed by atoms with Crippen LogP contribution in [0.25, 0.3) is 0 Å². The number of carbonyl (C=O) groups excluding carboxylic acids is 2. The van der Waals surface area contributed by atoms with Gasteiger partial charge >= 0.3 is 0 Å². The maximum Gasteiger partial charge on any atom is 0.237 e. The van der Waals surface area contributed by atoms with Crippen molar-refractivity contribution < 1.29 is 9.59 Å². The first-order valence-electron chi connectivity index (χ1n) is 8.34. The topological polar surface area (TPSA) is 75.4 Å². The molecule has 0 aromatic heterocycles. The van der Waals surface area contributed by atoms with Crippen molar-refractivity contribution in [2.45, 2.75) is 52.1 Å². The lowest BCUT2D eigenvalue weighted by Gasteiger charge is -2.21. The summed E-state index contributed by atoms with van der Waals surface area (Å²) in [5, 5.41) is 2.96. The normalized spacial score (nSPS) is 16.7. The summed E-state index contributed by atoms with van der Waals surface area (Å²) in [7, 11) is 0. The number of carbonyl (C=O) groups is 2. The third kappa shape index (κ3) is 5.21.